The van der Waals surface area contributed by atoms with E-state index in [2.05, 4.69) is 15.6 Å². The predicted octanol–water partition coefficient (Wildman–Crippen LogP) is 5.43. The lowest BCUT2D eigenvalue weighted by Gasteiger charge is -2.39. The minimum Gasteiger partial charge on any atom is -0.494 e. The number of hydrogen-bond acceptors (Lipinski definition) is 7. The SMILES string of the molecule is CNC1CN(C(=O)c2ccc(Nc3ncc4c(n3)-c3ccc(Cl)cc3N(c3c(F)cccc3OC)CC4)cc2)C1. The number of nitrogens with zero attached hydrogens (tertiary/aromatic N) is 4. The van der Waals surface area contributed by atoms with Crippen LogP contribution in [0, 0.1) is 5.82 Å². The second-order valence-electron chi connectivity index (χ2n) is 9.82. The van der Waals surface area contributed by atoms with Crippen molar-refractivity contribution >= 4 is 40.5 Å². The average Bonchev–Trinajstić information content (AvgIpc) is 3.09. The Labute approximate surface area is 236 Å². The van der Waals surface area contributed by atoms with E-state index in [0.717, 1.165) is 28.2 Å². The van der Waals surface area contributed by atoms with Crippen LogP contribution in [0.25, 0.3) is 11.3 Å². The first-order chi connectivity index (χ1) is 19.4. The summed E-state index contributed by atoms with van der Waals surface area (Å²) in [4.78, 5) is 25.8. The molecule has 3 heterocycles. The lowest BCUT2D eigenvalue weighted by Crippen LogP contribution is -2.58. The molecule has 1 aromatic heterocycles. The summed E-state index contributed by atoms with van der Waals surface area (Å²) in [6.45, 7) is 1.91. The number of aromatic nitrogens is 2. The minimum absolute atomic E-state index is 0.0191. The molecule has 0 aliphatic carbocycles. The molecule has 6 rings (SSSR count). The molecule has 0 spiro atoms. The van der Waals surface area contributed by atoms with Gasteiger partial charge in [-0.15, -0.1) is 0 Å². The topological polar surface area (TPSA) is 82.6 Å². The Bertz CT molecular complexity index is 1580. The Hall–Kier alpha value is -4.21. The maximum atomic E-state index is 15.1. The van der Waals surface area contributed by atoms with Gasteiger partial charge in [0.25, 0.3) is 5.91 Å². The Morgan fingerprint density at radius 3 is 2.67 bits per heavy atom. The molecule has 0 saturated carbocycles. The van der Waals surface area contributed by atoms with Crippen LogP contribution in [0.3, 0.4) is 0 Å². The highest BCUT2D eigenvalue weighted by Gasteiger charge is 2.30. The zero-order chi connectivity index (χ0) is 27.8. The van der Waals surface area contributed by atoms with Crippen LogP contribution in [0.5, 0.6) is 5.75 Å². The molecule has 10 heteroatoms. The van der Waals surface area contributed by atoms with Crippen molar-refractivity contribution in [3.63, 3.8) is 0 Å². The van der Waals surface area contributed by atoms with Crippen LogP contribution in [0.2, 0.25) is 5.02 Å². The number of carbonyl (C=O) groups excluding carboxylic acids is 1. The molecule has 1 fully saturated rings. The standard InChI is InChI=1S/C30H28ClFN6O2/c1-33-22-16-37(17-22)29(39)18-6-9-21(10-7-18)35-30-34-15-19-12-13-38(28-24(32)4-3-5-26(28)40-2)25-14-20(31)8-11-23(25)27(19)36-30/h3-11,14-15,22,33H,12-13,16-17H2,1-2H3,(H,34,35,36). The van der Waals surface area contributed by atoms with Crippen LogP contribution in [-0.2, 0) is 6.42 Å². The number of rotatable bonds is 6. The van der Waals surface area contributed by atoms with Crippen LogP contribution in [0.1, 0.15) is 15.9 Å². The molecule has 2 aliphatic heterocycles. The van der Waals surface area contributed by atoms with Crippen LogP contribution in [0.15, 0.2) is 66.9 Å². The normalized spacial score (nSPS) is 14.6. The van der Waals surface area contributed by atoms with E-state index in [0.29, 0.717) is 60.1 Å². The van der Waals surface area contributed by atoms with Gasteiger partial charge in [0.15, 0.2) is 5.82 Å². The summed E-state index contributed by atoms with van der Waals surface area (Å²) >= 11 is 6.42. The largest absolute Gasteiger partial charge is 0.494 e. The summed E-state index contributed by atoms with van der Waals surface area (Å²) in [5.41, 5.74) is 4.96. The van der Waals surface area contributed by atoms with Crippen molar-refractivity contribution < 1.29 is 13.9 Å². The number of likely N-dealkylation sites (tertiary alicyclic amines) is 1. The van der Waals surface area contributed by atoms with E-state index < -0.39 is 0 Å². The molecule has 4 aromatic rings. The van der Waals surface area contributed by atoms with E-state index in [4.69, 9.17) is 21.3 Å². The third kappa shape index (κ3) is 4.82. The average molecular weight is 559 g/mol. The zero-order valence-electron chi connectivity index (χ0n) is 22.1. The van der Waals surface area contributed by atoms with Gasteiger partial charge in [0.05, 0.1) is 18.5 Å². The number of carbonyl (C=O) groups is 1. The molecule has 204 valence electrons. The van der Waals surface area contributed by atoms with E-state index in [9.17, 15) is 4.79 Å². The fourth-order valence-electron chi connectivity index (χ4n) is 5.15. The Morgan fingerprint density at radius 1 is 1.12 bits per heavy atom. The summed E-state index contributed by atoms with van der Waals surface area (Å²) in [5.74, 6) is 0.478. The van der Waals surface area contributed by atoms with E-state index in [-0.39, 0.29) is 11.7 Å². The van der Waals surface area contributed by atoms with Crippen molar-refractivity contribution in [1.82, 2.24) is 20.2 Å². The van der Waals surface area contributed by atoms with Crippen LogP contribution in [0.4, 0.5) is 27.4 Å². The maximum Gasteiger partial charge on any atom is 0.253 e. The molecular formula is C30H28ClFN6O2. The van der Waals surface area contributed by atoms with Crippen LogP contribution < -0.4 is 20.3 Å². The molecule has 8 nitrogen and oxygen atoms in total. The summed E-state index contributed by atoms with van der Waals surface area (Å²) in [6, 6.07) is 18.0. The molecule has 0 unspecified atom stereocenters. The molecule has 0 bridgehead atoms. The number of fused-ring (bicyclic) bond motifs is 3. The number of methoxy groups -OCH3 is 1. The van der Waals surface area contributed by atoms with Crippen molar-refractivity contribution in [2.24, 2.45) is 0 Å². The van der Waals surface area contributed by atoms with Gasteiger partial charge in [0.2, 0.25) is 5.95 Å². The first-order valence-electron chi connectivity index (χ1n) is 13.0. The second-order valence-corrected chi connectivity index (χ2v) is 10.3. The minimum atomic E-state index is -0.387. The number of amides is 1. The zero-order valence-corrected chi connectivity index (χ0v) is 22.9. The molecule has 0 radical (unpaired) electrons. The molecule has 2 aliphatic rings. The number of para-hydroxylation sites is 1. The third-order valence-electron chi connectivity index (χ3n) is 7.38. The molecule has 1 saturated heterocycles. The van der Waals surface area contributed by atoms with Crippen molar-refractivity contribution in [2.75, 3.05) is 44.0 Å². The summed E-state index contributed by atoms with van der Waals surface area (Å²) in [5, 5.41) is 6.96. The molecule has 3 aromatic carbocycles. The maximum absolute atomic E-state index is 15.1. The van der Waals surface area contributed by atoms with Crippen LogP contribution in [-0.4, -0.2) is 60.6 Å². The van der Waals surface area contributed by atoms with E-state index in [1.807, 2.05) is 41.1 Å². The van der Waals surface area contributed by atoms with Crippen molar-refractivity contribution in [2.45, 2.75) is 12.5 Å². The lowest BCUT2D eigenvalue weighted by molar-refractivity contribution is 0.0577. The number of likely N-dealkylation sites (N-methyl/N-ethyl adjacent to an activating group) is 1. The quantitative estimate of drug-likeness (QED) is 0.327. The molecule has 2 N–H and O–H groups in total. The second kappa shape index (κ2) is 10.7. The molecule has 1 amide bonds. The first kappa shape index (κ1) is 26.0. The fraction of sp³-hybridized carbons (Fsp3) is 0.233. The van der Waals surface area contributed by atoms with Gasteiger partial charge in [0.1, 0.15) is 11.4 Å². The van der Waals surface area contributed by atoms with Crippen molar-refractivity contribution in [1.29, 1.82) is 0 Å². The number of benzene rings is 3. The highest BCUT2D eigenvalue weighted by molar-refractivity contribution is 6.31. The number of halogens is 2. The summed E-state index contributed by atoms with van der Waals surface area (Å²) < 4.78 is 20.6. The van der Waals surface area contributed by atoms with Gasteiger partial charge in [0, 0.05) is 53.7 Å². The summed E-state index contributed by atoms with van der Waals surface area (Å²) in [7, 11) is 3.43. The Kier molecular flexibility index (Phi) is 7.00. The predicted molar refractivity (Wildman–Crippen MR) is 155 cm³/mol. The summed E-state index contributed by atoms with van der Waals surface area (Å²) in [6.07, 6.45) is 2.38. The van der Waals surface area contributed by atoms with Gasteiger partial charge in [-0.2, -0.15) is 0 Å². The smallest absolute Gasteiger partial charge is 0.253 e. The van der Waals surface area contributed by atoms with Gasteiger partial charge in [-0.1, -0.05) is 17.7 Å². The molecule has 40 heavy (non-hydrogen) atoms. The monoisotopic (exact) mass is 558 g/mol. The van der Waals surface area contributed by atoms with Gasteiger partial charge in [-0.05, 0) is 73.6 Å². The Morgan fingerprint density at radius 2 is 1.93 bits per heavy atom. The molecular weight excluding hydrogens is 531 g/mol. The molecule has 0 atom stereocenters. The fourth-order valence-corrected chi connectivity index (χ4v) is 5.32. The van der Waals surface area contributed by atoms with Gasteiger partial charge < -0.3 is 25.2 Å². The lowest BCUT2D eigenvalue weighted by atomic mass is 10.0. The van der Waals surface area contributed by atoms with E-state index in [1.165, 1.54) is 13.2 Å². The van der Waals surface area contributed by atoms with Gasteiger partial charge in [-0.25, -0.2) is 14.4 Å². The highest BCUT2D eigenvalue weighted by Crippen LogP contribution is 2.44. The van der Waals surface area contributed by atoms with Crippen LogP contribution >= 0.6 is 11.6 Å². The highest BCUT2D eigenvalue weighted by atomic mass is 35.5. The number of ether oxygens (including phenoxy) is 1. The van der Waals surface area contributed by atoms with Gasteiger partial charge in [-0.3, -0.25) is 4.79 Å². The number of hydrogen-bond donors (Lipinski definition) is 2. The first-order valence-corrected chi connectivity index (χ1v) is 13.4. The van der Waals surface area contributed by atoms with Crippen molar-refractivity contribution in [3.8, 4) is 17.0 Å². The van der Waals surface area contributed by atoms with Gasteiger partial charge >= 0.3 is 0 Å². The van der Waals surface area contributed by atoms with Crippen molar-refractivity contribution in [3.05, 3.63) is 88.8 Å². The van der Waals surface area contributed by atoms with E-state index >= 15 is 4.39 Å². The number of nitrogens with one attached hydrogen (secondary N) is 2. The Balaban J connectivity index is 1.30. The van der Waals surface area contributed by atoms with E-state index in [1.54, 1.807) is 36.5 Å². The third-order valence-corrected chi connectivity index (χ3v) is 7.61. The number of anilines is 4.